The van der Waals surface area contributed by atoms with E-state index in [-0.39, 0.29) is 17.8 Å². The lowest BCUT2D eigenvalue weighted by molar-refractivity contribution is 0.0695. The van der Waals surface area contributed by atoms with Gasteiger partial charge in [0.2, 0.25) is 0 Å². The highest BCUT2D eigenvalue weighted by Gasteiger charge is 2.31. The molecule has 1 saturated heterocycles. The molecule has 1 aromatic heterocycles. The number of rotatable bonds is 4. The number of hydrogen-bond acceptors (Lipinski definition) is 4. The van der Waals surface area contributed by atoms with Crippen molar-refractivity contribution in [2.75, 3.05) is 19.6 Å². The molecule has 0 bridgehead atoms. The summed E-state index contributed by atoms with van der Waals surface area (Å²) in [6.45, 7) is 9.14. The second kappa shape index (κ2) is 7.99. The van der Waals surface area contributed by atoms with E-state index in [9.17, 15) is 9.18 Å². The van der Waals surface area contributed by atoms with Gasteiger partial charge in [0.1, 0.15) is 11.6 Å². The summed E-state index contributed by atoms with van der Waals surface area (Å²) in [5.74, 6) is 0.668. The van der Waals surface area contributed by atoms with Crippen LogP contribution in [-0.2, 0) is 6.54 Å². The topological polar surface area (TPSA) is 49.6 Å². The lowest BCUT2D eigenvalue weighted by Gasteiger charge is -2.34. The van der Waals surface area contributed by atoms with Gasteiger partial charge in [-0.05, 0) is 37.0 Å². The fourth-order valence-electron chi connectivity index (χ4n) is 3.56. The molecule has 6 heteroatoms. The molecule has 5 nitrogen and oxygen atoms in total. The Kier molecular flexibility index (Phi) is 5.71. The number of amides is 1. The number of carbonyl (C=O) groups is 1. The van der Waals surface area contributed by atoms with Crippen molar-refractivity contribution < 1.29 is 13.6 Å². The Bertz CT molecular complexity index is 742. The first-order valence-corrected chi connectivity index (χ1v) is 9.13. The van der Waals surface area contributed by atoms with E-state index in [4.69, 9.17) is 4.42 Å². The molecule has 26 heavy (non-hydrogen) atoms. The zero-order valence-corrected chi connectivity index (χ0v) is 15.6. The van der Waals surface area contributed by atoms with Crippen molar-refractivity contribution in [1.29, 1.82) is 0 Å². The molecule has 2 aromatic rings. The van der Waals surface area contributed by atoms with E-state index >= 15 is 0 Å². The molecule has 0 radical (unpaired) electrons. The van der Waals surface area contributed by atoms with Gasteiger partial charge in [-0.2, -0.15) is 0 Å². The maximum atomic E-state index is 13.2. The van der Waals surface area contributed by atoms with Gasteiger partial charge in [0.05, 0.1) is 0 Å². The van der Waals surface area contributed by atoms with E-state index in [1.165, 1.54) is 18.5 Å². The number of carbonyl (C=O) groups excluding carboxylic acids is 1. The first-order valence-electron chi connectivity index (χ1n) is 9.13. The third-order valence-corrected chi connectivity index (χ3v) is 5.05. The molecule has 1 aliphatic heterocycles. The highest BCUT2D eigenvalue weighted by atomic mass is 19.1. The van der Waals surface area contributed by atoms with E-state index < -0.39 is 0 Å². The first kappa shape index (κ1) is 18.6. The smallest absolute Gasteiger partial charge is 0.276 e. The number of halogens is 1. The van der Waals surface area contributed by atoms with Gasteiger partial charge in [-0.25, -0.2) is 9.37 Å². The second-order valence-corrected chi connectivity index (χ2v) is 7.27. The predicted molar refractivity (Wildman–Crippen MR) is 97.2 cm³/mol. The van der Waals surface area contributed by atoms with Gasteiger partial charge in [-0.3, -0.25) is 9.69 Å². The molecule has 1 aliphatic rings. The highest BCUT2D eigenvalue weighted by Crippen LogP contribution is 2.21. The molecule has 1 atom stereocenters. The van der Waals surface area contributed by atoms with Crippen molar-refractivity contribution in [3.63, 3.8) is 0 Å². The van der Waals surface area contributed by atoms with Crippen LogP contribution in [0, 0.1) is 18.7 Å². The summed E-state index contributed by atoms with van der Waals surface area (Å²) in [6, 6.07) is 6.90. The minimum atomic E-state index is -0.218. The maximum Gasteiger partial charge on any atom is 0.276 e. The molecule has 1 amide bonds. The van der Waals surface area contributed by atoms with Gasteiger partial charge >= 0.3 is 0 Å². The summed E-state index contributed by atoms with van der Waals surface area (Å²) in [7, 11) is 0. The van der Waals surface area contributed by atoms with Crippen LogP contribution in [0.15, 0.2) is 35.1 Å². The molecular formula is C20H26FN3O2. The number of oxazole rings is 1. The number of aryl methyl sites for hydroxylation is 1. The predicted octanol–water partition coefficient (Wildman–Crippen LogP) is 3.49. The summed E-state index contributed by atoms with van der Waals surface area (Å²) in [6.07, 6.45) is 2.22. The number of nitrogens with zero attached hydrogens (tertiary/aromatic N) is 3. The van der Waals surface area contributed by atoms with Crippen molar-refractivity contribution in [2.24, 2.45) is 5.92 Å². The van der Waals surface area contributed by atoms with E-state index in [2.05, 4.69) is 23.7 Å². The zero-order chi connectivity index (χ0) is 18.7. The summed E-state index contributed by atoms with van der Waals surface area (Å²) >= 11 is 0. The third-order valence-electron chi connectivity index (χ3n) is 5.05. The van der Waals surface area contributed by atoms with Crippen molar-refractivity contribution in [3.05, 3.63) is 53.5 Å². The minimum Gasteiger partial charge on any atom is -0.448 e. The summed E-state index contributed by atoms with van der Waals surface area (Å²) in [4.78, 5) is 21.2. The quantitative estimate of drug-likeness (QED) is 0.838. The van der Waals surface area contributed by atoms with Gasteiger partial charge in [-0.1, -0.05) is 26.0 Å². The van der Waals surface area contributed by atoms with Gasteiger partial charge < -0.3 is 9.32 Å². The number of hydrogen-bond donors (Lipinski definition) is 0. The van der Waals surface area contributed by atoms with Crippen LogP contribution < -0.4 is 0 Å². The first-order chi connectivity index (χ1) is 12.5. The van der Waals surface area contributed by atoms with Crippen LogP contribution in [0.1, 0.15) is 42.1 Å². The van der Waals surface area contributed by atoms with Crippen LogP contribution in [0.3, 0.4) is 0 Å². The molecule has 0 saturated carbocycles. The highest BCUT2D eigenvalue weighted by molar-refractivity contribution is 5.93. The van der Waals surface area contributed by atoms with E-state index in [1.807, 2.05) is 17.0 Å². The Morgan fingerprint density at radius 1 is 1.31 bits per heavy atom. The number of benzene rings is 1. The van der Waals surface area contributed by atoms with Crippen LogP contribution in [0.2, 0.25) is 0 Å². The maximum absolute atomic E-state index is 13.2. The van der Waals surface area contributed by atoms with Gasteiger partial charge in [0, 0.05) is 32.2 Å². The third kappa shape index (κ3) is 4.12. The van der Waals surface area contributed by atoms with E-state index in [1.54, 1.807) is 6.92 Å². The average Bonchev–Trinajstić information content (AvgIpc) is 2.92. The number of aromatic nitrogens is 1. The van der Waals surface area contributed by atoms with Gasteiger partial charge in [0.25, 0.3) is 5.91 Å². The monoisotopic (exact) mass is 359 g/mol. The van der Waals surface area contributed by atoms with Crippen molar-refractivity contribution in [2.45, 2.75) is 39.8 Å². The van der Waals surface area contributed by atoms with Gasteiger partial charge in [-0.15, -0.1) is 0 Å². The summed E-state index contributed by atoms with van der Waals surface area (Å²) in [5.41, 5.74) is 1.49. The normalized spacial score (nSPS) is 19.0. The summed E-state index contributed by atoms with van der Waals surface area (Å²) in [5, 5.41) is 0. The van der Waals surface area contributed by atoms with Gasteiger partial charge in [0.15, 0.2) is 12.1 Å². The molecule has 3 rings (SSSR count). The van der Waals surface area contributed by atoms with Crippen LogP contribution in [0.4, 0.5) is 4.39 Å². The molecule has 0 aliphatic carbocycles. The SMILES string of the molecule is Cc1ocnc1C(=O)N1CCCN(Cc2ccc(F)cc2)[C@@H](C(C)C)C1. The Morgan fingerprint density at radius 3 is 2.65 bits per heavy atom. The standard InChI is InChI=1S/C20H26FN3O2/c1-14(2)18-12-24(20(25)19-15(3)26-13-22-19)10-4-9-23(18)11-16-5-7-17(21)8-6-16/h5-8,13-14,18H,4,9-12H2,1-3H3/t18-/m1/s1. The van der Waals surface area contributed by atoms with Crippen LogP contribution >= 0.6 is 0 Å². The van der Waals surface area contributed by atoms with Crippen LogP contribution in [-0.4, -0.2) is 46.4 Å². The second-order valence-electron chi connectivity index (χ2n) is 7.27. The largest absolute Gasteiger partial charge is 0.448 e. The zero-order valence-electron chi connectivity index (χ0n) is 15.6. The Morgan fingerprint density at radius 2 is 2.04 bits per heavy atom. The summed E-state index contributed by atoms with van der Waals surface area (Å²) < 4.78 is 18.4. The van der Waals surface area contributed by atoms with E-state index in [0.717, 1.165) is 25.1 Å². The molecule has 1 fully saturated rings. The Labute approximate surface area is 153 Å². The Hall–Kier alpha value is -2.21. The molecule has 0 unspecified atom stereocenters. The molecule has 2 heterocycles. The van der Waals surface area contributed by atoms with Crippen molar-refractivity contribution >= 4 is 5.91 Å². The fourth-order valence-corrected chi connectivity index (χ4v) is 3.56. The molecule has 140 valence electrons. The lowest BCUT2D eigenvalue weighted by Crippen LogP contribution is -2.45. The molecule has 0 N–H and O–H groups in total. The fraction of sp³-hybridized carbons (Fsp3) is 0.500. The van der Waals surface area contributed by atoms with Crippen LogP contribution in [0.5, 0.6) is 0 Å². The lowest BCUT2D eigenvalue weighted by atomic mass is 10.0. The Balaban J connectivity index is 1.76. The van der Waals surface area contributed by atoms with Crippen molar-refractivity contribution in [3.8, 4) is 0 Å². The average molecular weight is 359 g/mol. The van der Waals surface area contributed by atoms with Crippen molar-refractivity contribution in [1.82, 2.24) is 14.8 Å². The van der Waals surface area contributed by atoms with Crippen LogP contribution in [0.25, 0.3) is 0 Å². The molecular weight excluding hydrogens is 333 g/mol. The molecule has 0 spiro atoms. The molecule has 1 aromatic carbocycles. The van der Waals surface area contributed by atoms with E-state index in [0.29, 0.717) is 30.5 Å². The minimum absolute atomic E-state index is 0.0643.